The summed E-state index contributed by atoms with van der Waals surface area (Å²) >= 11 is 0. The molecular weight excluding hydrogens is 546 g/mol. The van der Waals surface area contributed by atoms with E-state index in [1.54, 1.807) is 30.3 Å². The molecule has 43 heavy (non-hydrogen) atoms. The Bertz CT molecular complexity index is 1870. The van der Waals surface area contributed by atoms with Crippen LogP contribution < -0.4 is 15.0 Å². The van der Waals surface area contributed by atoms with Crippen LogP contribution >= 0.6 is 0 Å². The summed E-state index contributed by atoms with van der Waals surface area (Å²) in [6.45, 7) is 0. The number of carbonyl (C=O) groups is 3. The molecular formula is C34H25N3O6. The van der Waals surface area contributed by atoms with E-state index in [2.05, 4.69) is 5.32 Å². The zero-order valence-corrected chi connectivity index (χ0v) is 23.0. The van der Waals surface area contributed by atoms with Gasteiger partial charge in [-0.2, -0.15) is 0 Å². The quantitative estimate of drug-likeness (QED) is 0.185. The van der Waals surface area contributed by atoms with Gasteiger partial charge in [0.05, 0.1) is 24.0 Å². The van der Waals surface area contributed by atoms with Crippen molar-refractivity contribution in [1.82, 2.24) is 0 Å². The van der Waals surface area contributed by atoms with Crippen LogP contribution in [0.1, 0.15) is 31.8 Å². The van der Waals surface area contributed by atoms with E-state index in [4.69, 9.17) is 4.74 Å². The van der Waals surface area contributed by atoms with Gasteiger partial charge in [-0.1, -0.05) is 60.7 Å². The van der Waals surface area contributed by atoms with Gasteiger partial charge in [0.1, 0.15) is 17.2 Å². The smallest absolute Gasteiger partial charge is 0.269 e. The number of rotatable bonds is 6. The highest BCUT2D eigenvalue weighted by molar-refractivity contribution is 6.18. The Kier molecular flexibility index (Phi) is 5.98. The van der Waals surface area contributed by atoms with Gasteiger partial charge in [0.15, 0.2) is 11.6 Å². The molecule has 1 N–H and O–H groups in total. The number of hydrogen-bond donors (Lipinski definition) is 1. The Morgan fingerprint density at radius 2 is 1.65 bits per heavy atom. The molecule has 0 radical (unpaired) electrons. The Morgan fingerprint density at radius 3 is 2.42 bits per heavy atom. The summed E-state index contributed by atoms with van der Waals surface area (Å²) in [6.07, 6.45) is 3.83. The van der Waals surface area contributed by atoms with Gasteiger partial charge in [0.25, 0.3) is 5.69 Å². The van der Waals surface area contributed by atoms with Gasteiger partial charge in [-0.3, -0.25) is 24.5 Å². The third kappa shape index (κ3) is 3.74. The number of Topliss-reactive ketones (excluding diaryl/α,β-unsaturated/α-hetero) is 2. The first-order chi connectivity index (χ1) is 20.9. The van der Waals surface area contributed by atoms with E-state index in [9.17, 15) is 24.5 Å². The molecule has 7 rings (SSSR count). The molecule has 1 spiro atoms. The van der Waals surface area contributed by atoms with Gasteiger partial charge in [-0.05, 0) is 47.5 Å². The summed E-state index contributed by atoms with van der Waals surface area (Å²) in [5.74, 6) is -1.86. The number of anilines is 2. The number of carbonyl (C=O) groups excluding carboxylic acids is 3. The first-order valence-electron chi connectivity index (χ1n) is 13.8. The van der Waals surface area contributed by atoms with Crippen molar-refractivity contribution in [2.24, 2.45) is 5.92 Å². The lowest BCUT2D eigenvalue weighted by atomic mass is 9.64. The molecule has 4 aromatic carbocycles. The van der Waals surface area contributed by atoms with Crippen LogP contribution in [0.3, 0.4) is 0 Å². The van der Waals surface area contributed by atoms with Crippen molar-refractivity contribution < 1.29 is 24.0 Å². The van der Waals surface area contributed by atoms with E-state index >= 15 is 0 Å². The number of nitrogens with zero attached hydrogens (tertiary/aromatic N) is 2. The van der Waals surface area contributed by atoms with Crippen molar-refractivity contribution >= 4 is 40.6 Å². The SMILES string of the molecule is COc1cccc(C(=O)[C@@H]2[C@H](C(=O)c3ccc([N+](=O)[O-])cc3)N3c4ccccc4C=C[C@H]3[C@]23C(=O)Nc2ccccc23)c1. The van der Waals surface area contributed by atoms with Crippen LogP contribution in [0.5, 0.6) is 5.75 Å². The summed E-state index contributed by atoms with van der Waals surface area (Å²) in [4.78, 5) is 56.6. The Labute approximate surface area is 246 Å². The summed E-state index contributed by atoms with van der Waals surface area (Å²) in [5.41, 5.74) is 1.68. The lowest BCUT2D eigenvalue weighted by Crippen LogP contribution is -2.51. The number of para-hydroxylation sites is 2. The van der Waals surface area contributed by atoms with Crippen LogP contribution in [0.2, 0.25) is 0 Å². The molecule has 0 unspecified atom stereocenters. The van der Waals surface area contributed by atoms with Gasteiger partial charge >= 0.3 is 0 Å². The van der Waals surface area contributed by atoms with E-state index in [0.29, 0.717) is 28.3 Å². The van der Waals surface area contributed by atoms with Gasteiger partial charge in [-0.25, -0.2) is 0 Å². The van der Waals surface area contributed by atoms with E-state index in [1.807, 2.05) is 59.5 Å². The van der Waals surface area contributed by atoms with Crippen molar-refractivity contribution in [1.29, 1.82) is 0 Å². The third-order valence-electron chi connectivity index (χ3n) is 8.81. The van der Waals surface area contributed by atoms with Gasteiger partial charge in [0.2, 0.25) is 5.91 Å². The highest BCUT2D eigenvalue weighted by atomic mass is 16.6. The number of benzene rings is 4. The maximum atomic E-state index is 14.8. The summed E-state index contributed by atoms with van der Waals surface area (Å²) in [7, 11) is 1.50. The topological polar surface area (TPSA) is 119 Å². The zero-order chi connectivity index (χ0) is 29.9. The molecule has 0 bridgehead atoms. The Morgan fingerprint density at radius 1 is 0.907 bits per heavy atom. The first-order valence-corrected chi connectivity index (χ1v) is 13.8. The number of ether oxygens (including phenoxy) is 1. The average Bonchev–Trinajstić information content (AvgIpc) is 3.52. The van der Waals surface area contributed by atoms with Crippen molar-refractivity contribution in [2.45, 2.75) is 17.5 Å². The minimum absolute atomic E-state index is 0.156. The molecule has 4 aromatic rings. The van der Waals surface area contributed by atoms with Crippen LogP contribution in [0, 0.1) is 16.0 Å². The maximum Gasteiger partial charge on any atom is 0.269 e. The van der Waals surface area contributed by atoms with E-state index in [1.165, 1.54) is 31.4 Å². The Balaban J connectivity index is 1.51. The third-order valence-corrected chi connectivity index (χ3v) is 8.81. The molecule has 1 amide bonds. The zero-order valence-electron chi connectivity index (χ0n) is 23.0. The summed E-state index contributed by atoms with van der Waals surface area (Å²) in [5, 5.41) is 14.3. The van der Waals surface area contributed by atoms with Crippen LogP contribution in [-0.4, -0.2) is 41.6 Å². The molecule has 212 valence electrons. The number of fused-ring (bicyclic) bond motifs is 6. The minimum Gasteiger partial charge on any atom is -0.497 e. The molecule has 3 aliphatic rings. The largest absolute Gasteiger partial charge is 0.497 e. The van der Waals surface area contributed by atoms with Gasteiger partial charge in [0, 0.05) is 34.6 Å². The molecule has 1 fully saturated rings. The lowest BCUT2D eigenvalue weighted by Gasteiger charge is -2.37. The molecule has 9 heteroatoms. The monoisotopic (exact) mass is 571 g/mol. The second kappa shape index (κ2) is 9.77. The van der Waals surface area contributed by atoms with Crippen molar-refractivity contribution in [2.75, 3.05) is 17.3 Å². The predicted molar refractivity (Wildman–Crippen MR) is 161 cm³/mol. The Hall–Kier alpha value is -5.57. The number of nitro benzene ring substituents is 1. The second-order valence-electron chi connectivity index (χ2n) is 10.8. The van der Waals surface area contributed by atoms with Crippen LogP contribution in [0.4, 0.5) is 17.1 Å². The van der Waals surface area contributed by atoms with E-state index in [-0.39, 0.29) is 22.9 Å². The highest BCUT2D eigenvalue weighted by Crippen LogP contribution is 2.58. The number of hydrogen-bond acceptors (Lipinski definition) is 7. The lowest BCUT2D eigenvalue weighted by molar-refractivity contribution is -0.384. The number of nitro groups is 1. The maximum absolute atomic E-state index is 14.8. The normalized spacial score (nSPS) is 22.9. The molecule has 4 atom stereocenters. The van der Waals surface area contributed by atoms with E-state index < -0.39 is 34.1 Å². The van der Waals surface area contributed by atoms with Crippen molar-refractivity contribution in [3.63, 3.8) is 0 Å². The average molecular weight is 572 g/mol. The first kappa shape index (κ1) is 26.3. The molecule has 9 nitrogen and oxygen atoms in total. The summed E-state index contributed by atoms with van der Waals surface area (Å²) in [6, 6.07) is 25.1. The predicted octanol–water partition coefficient (Wildman–Crippen LogP) is 5.46. The number of methoxy groups -OCH3 is 1. The summed E-state index contributed by atoms with van der Waals surface area (Å²) < 4.78 is 5.40. The van der Waals surface area contributed by atoms with Crippen LogP contribution in [0.25, 0.3) is 6.08 Å². The fraction of sp³-hybridized carbons (Fsp3) is 0.147. The van der Waals surface area contributed by atoms with Gasteiger partial charge < -0.3 is 15.0 Å². The standard InChI is InChI=1S/C34H25N3O6/c1-43-24-9-6-8-22(19-24)31(38)29-30(32(39)21-13-16-23(17-14-21)37(41)42)36-27-12-5-2-7-20(27)15-18-28(36)34(29)25-10-3-4-11-26(25)35-33(34)40/h2-19,28-30H,1H3,(H,35,40)/t28-,29-,30+,34-/m0/s1. The number of amides is 1. The van der Waals surface area contributed by atoms with E-state index in [0.717, 1.165) is 5.56 Å². The van der Waals surface area contributed by atoms with Crippen LogP contribution in [0.15, 0.2) is 103 Å². The molecule has 0 aliphatic carbocycles. The highest BCUT2D eigenvalue weighted by Gasteiger charge is 2.70. The van der Waals surface area contributed by atoms with Gasteiger partial charge in [-0.15, -0.1) is 0 Å². The fourth-order valence-electron chi connectivity index (χ4n) is 6.99. The van der Waals surface area contributed by atoms with Crippen LogP contribution in [-0.2, 0) is 10.2 Å². The van der Waals surface area contributed by atoms with Crippen molar-refractivity contribution in [3.05, 3.63) is 136 Å². The molecule has 0 saturated carbocycles. The minimum atomic E-state index is -1.46. The second-order valence-corrected chi connectivity index (χ2v) is 10.8. The molecule has 3 aliphatic heterocycles. The number of nitrogens with one attached hydrogen (secondary N) is 1. The van der Waals surface area contributed by atoms with Crippen molar-refractivity contribution in [3.8, 4) is 5.75 Å². The molecule has 1 saturated heterocycles. The molecule has 3 heterocycles. The number of ketones is 2. The molecule has 0 aromatic heterocycles. The fourth-order valence-corrected chi connectivity index (χ4v) is 6.99. The number of non-ortho nitro benzene ring substituents is 1.